The molecular formula is C12H24N2O2. The second-order valence-electron chi connectivity index (χ2n) is 5.00. The molecule has 0 aliphatic heterocycles. The van der Waals surface area contributed by atoms with E-state index in [0.29, 0.717) is 12.5 Å². The zero-order valence-electron chi connectivity index (χ0n) is 10.6. The summed E-state index contributed by atoms with van der Waals surface area (Å²) in [7, 11) is 1.71. The van der Waals surface area contributed by atoms with Gasteiger partial charge in [-0.1, -0.05) is 0 Å². The van der Waals surface area contributed by atoms with Gasteiger partial charge in [-0.2, -0.15) is 0 Å². The third-order valence-corrected chi connectivity index (χ3v) is 3.27. The maximum Gasteiger partial charge on any atom is 0.320 e. The van der Waals surface area contributed by atoms with Crippen molar-refractivity contribution in [3.8, 4) is 0 Å². The van der Waals surface area contributed by atoms with Gasteiger partial charge in [0.05, 0.1) is 0 Å². The summed E-state index contributed by atoms with van der Waals surface area (Å²) in [5.74, 6) is 0.109. The minimum Gasteiger partial charge on any atom is -0.480 e. The Labute approximate surface area is 98.0 Å². The first kappa shape index (κ1) is 13.5. The van der Waals surface area contributed by atoms with Gasteiger partial charge in [0.2, 0.25) is 0 Å². The molecule has 1 rings (SSSR count). The highest BCUT2D eigenvalue weighted by Crippen LogP contribution is 2.30. The Morgan fingerprint density at radius 2 is 2.12 bits per heavy atom. The van der Waals surface area contributed by atoms with Crippen LogP contribution in [-0.2, 0) is 4.79 Å². The van der Waals surface area contributed by atoms with E-state index in [4.69, 9.17) is 5.11 Å². The Kier molecular flexibility index (Phi) is 5.22. The van der Waals surface area contributed by atoms with Gasteiger partial charge in [0, 0.05) is 19.1 Å². The minimum absolute atomic E-state index is 0.416. The van der Waals surface area contributed by atoms with E-state index in [1.165, 1.54) is 12.8 Å². The number of carbonyl (C=O) groups is 1. The molecule has 1 unspecified atom stereocenters. The largest absolute Gasteiger partial charge is 0.480 e. The van der Waals surface area contributed by atoms with Crippen molar-refractivity contribution in [1.29, 1.82) is 0 Å². The minimum atomic E-state index is -0.752. The van der Waals surface area contributed by atoms with E-state index < -0.39 is 12.0 Å². The summed E-state index contributed by atoms with van der Waals surface area (Å²) in [6, 6.07) is 0.0901. The van der Waals surface area contributed by atoms with E-state index in [-0.39, 0.29) is 0 Å². The zero-order valence-corrected chi connectivity index (χ0v) is 10.6. The first-order valence-corrected chi connectivity index (χ1v) is 6.18. The van der Waals surface area contributed by atoms with Gasteiger partial charge in [0.15, 0.2) is 0 Å². The lowest BCUT2D eigenvalue weighted by Crippen LogP contribution is -2.40. The number of hydrogen-bond donors (Lipinski definition) is 2. The molecule has 1 saturated carbocycles. The standard InChI is InChI=1S/C12H24N2O2/c1-9(2)14(8-10-4-5-10)7-6-11(13-3)12(15)16/h9-11,13H,4-8H2,1-3H3,(H,15,16). The molecule has 4 nitrogen and oxygen atoms in total. The highest BCUT2D eigenvalue weighted by atomic mass is 16.4. The number of nitrogens with zero attached hydrogens (tertiary/aromatic N) is 1. The second-order valence-corrected chi connectivity index (χ2v) is 5.00. The van der Waals surface area contributed by atoms with E-state index in [9.17, 15) is 4.79 Å². The van der Waals surface area contributed by atoms with Crippen LogP contribution in [0.1, 0.15) is 33.1 Å². The molecule has 1 fully saturated rings. The van der Waals surface area contributed by atoms with Crippen LogP contribution in [-0.4, -0.2) is 48.2 Å². The second kappa shape index (κ2) is 6.21. The Balaban J connectivity index is 2.32. The Hall–Kier alpha value is -0.610. The van der Waals surface area contributed by atoms with Crippen molar-refractivity contribution in [3.63, 3.8) is 0 Å². The van der Waals surface area contributed by atoms with Gasteiger partial charge in [-0.3, -0.25) is 4.79 Å². The highest BCUT2D eigenvalue weighted by Gasteiger charge is 2.26. The maximum absolute atomic E-state index is 10.9. The topological polar surface area (TPSA) is 52.6 Å². The maximum atomic E-state index is 10.9. The van der Waals surface area contributed by atoms with Crippen molar-refractivity contribution in [2.24, 2.45) is 5.92 Å². The Morgan fingerprint density at radius 1 is 1.50 bits per heavy atom. The average molecular weight is 228 g/mol. The van der Waals surface area contributed by atoms with Crippen LogP contribution in [0, 0.1) is 5.92 Å². The van der Waals surface area contributed by atoms with E-state index in [1.807, 2.05) is 0 Å². The number of aliphatic carboxylic acids is 1. The van der Waals surface area contributed by atoms with Crippen molar-refractivity contribution in [1.82, 2.24) is 10.2 Å². The molecular weight excluding hydrogens is 204 g/mol. The average Bonchev–Trinajstić information content (AvgIpc) is 2.99. The van der Waals surface area contributed by atoms with Gasteiger partial charge >= 0.3 is 5.97 Å². The summed E-state index contributed by atoms with van der Waals surface area (Å²) >= 11 is 0. The molecule has 1 aliphatic rings. The van der Waals surface area contributed by atoms with Crippen molar-refractivity contribution >= 4 is 5.97 Å². The highest BCUT2D eigenvalue weighted by molar-refractivity contribution is 5.73. The molecule has 0 heterocycles. The lowest BCUT2D eigenvalue weighted by atomic mass is 10.1. The molecule has 16 heavy (non-hydrogen) atoms. The fourth-order valence-electron chi connectivity index (χ4n) is 1.88. The summed E-state index contributed by atoms with van der Waals surface area (Å²) in [6.45, 7) is 6.36. The molecule has 0 aromatic carbocycles. The number of carboxylic acids is 1. The lowest BCUT2D eigenvalue weighted by Gasteiger charge is -2.27. The van der Waals surface area contributed by atoms with Crippen LogP contribution in [0.15, 0.2) is 0 Å². The quantitative estimate of drug-likeness (QED) is 0.655. The molecule has 94 valence electrons. The van der Waals surface area contributed by atoms with Gasteiger partial charge in [0.25, 0.3) is 0 Å². The summed E-state index contributed by atoms with van der Waals surface area (Å²) in [5, 5.41) is 11.8. The first-order valence-electron chi connectivity index (χ1n) is 6.18. The predicted molar refractivity (Wildman–Crippen MR) is 64.5 cm³/mol. The van der Waals surface area contributed by atoms with Crippen LogP contribution >= 0.6 is 0 Å². The summed E-state index contributed by atoms with van der Waals surface area (Å²) < 4.78 is 0. The van der Waals surface area contributed by atoms with Crippen LogP contribution in [0.4, 0.5) is 0 Å². The first-order chi connectivity index (χ1) is 7.54. The normalized spacial score (nSPS) is 18.1. The third-order valence-electron chi connectivity index (χ3n) is 3.27. The van der Waals surface area contributed by atoms with E-state index >= 15 is 0 Å². The Morgan fingerprint density at radius 3 is 2.50 bits per heavy atom. The van der Waals surface area contributed by atoms with E-state index in [1.54, 1.807) is 7.05 Å². The molecule has 0 spiro atoms. The third kappa shape index (κ3) is 4.49. The molecule has 0 aromatic heterocycles. The molecule has 0 radical (unpaired) electrons. The van der Waals surface area contributed by atoms with Gasteiger partial charge in [-0.25, -0.2) is 0 Å². The zero-order chi connectivity index (χ0) is 12.1. The van der Waals surface area contributed by atoms with Crippen molar-refractivity contribution in [2.45, 2.75) is 45.2 Å². The molecule has 1 atom stereocenters. The van der Waals surface area contributed by atoms with E-state index in [0.717, 1.165) is 19.0 Å². The smallest absolute Gasteiger partial charge is 0.320 e. The van der Waals surface area contributed by atoms with Crippen molar-refractivity contribution < 1.29 is 9.90 Å². The lowest BCUT2D eigenvalue weighted by molar-refractivity contribution is -0.139. The molecule has 0 bridgehead atoms. The SMILES string of the molecule is CNC(CCN(CC1CC1)C(C)C)C(=O)O. The van der Waals surface area contributed by atoms with Crippen LogP contribution in [0.25, 0.3) is 0 Å². The molecule has 0 aromatic rings. The van der Waals surface area contributed by atoms with Crippen LogP contribution in [0.5, 0.6) is 0 Å². The number of carboxylic acid groups (broad SMARTS) is 1. The number of hydrogen-bond acceptors (Lipinski definition) is 3. The number of rotatable bonds is 8. The number of likely N-dealkylation sites (N-methyl/N-ethyl adjacent to an activating group) is 1. The van der Waals surface area contributed by atoms with Crippen LogP contribution < -0.4 is 5.32 Å². The van der Waals surface area contributed by atoms with Crippen molar-refractivity contribution in [3.05, 3.63) is 0 Å². The van der Waals surface area contributed by atoms with Crippen molar-refractivity contribution in [2.75, 3.05) is 20.1 Å². The fourth-order valence-corrected chi connectivity index (χ4v) is 1.88. The summed E-state index contributed by atoms with van der Waals surface area (Å²) in [5.41, 5.74) is 0. The van der Waals surface area contributed by atoms with E-state index in [2.05, 4.69) is 24.1 Å². The van der Waals surface area contributed by atoms with Gasteiger partial charge in [-0.05, 0) is 46.1 Å². The van der Waals surface area contributed by atoms with Gasteiger partial charge in [-0.15, -0.1) is 0 Å². The molecule has 2 N–H and O–H groups in total. The van der Waals surface area contributed by atoms with Gasteiger partial charge in [0.1, 0.15) is 6.04 Å². The molecule has 0 saturated heterocycles. The predicted octanol–water partition coefficient (Wildman–Crippen LogP) is 1.17. The number of nitrogens with one attached hydrogen (secondary N) is 1. The monoisotopic (exact) mass is 228 g/mol. The van der Waals surface area contributed by atoms with Crippen LogP contribution in [0.2, 0.25) is 0 Å². The molecule has 4 heteroatoms. The fraction of sp³-hybridized carbons (Fsp3) is 0.917. The Bertz CT molecular complexity index is 227. The van der Waals surface area contributed by atoms with Gasteiger partial charge < -0.3 is 15.3 Å². The summed E-state index contributed by atoms with van der Waals surface area (Å²) in [4.78, 5) is 13.3. The molecule has 1 aliphatic carbocycles. The van der Waals surface area contributed by atoms with Crippen LogP contribution in [0.3, 0.4) is 0 Å². The molecule has 0 amide bonds. The summed E-state index contributed by atoms with van der Waals surface area (Å²) in [6.07, 6.45) is 3.37.